The minimum Gasteiger partial charge on any atom is -0.497 e. The topological polar surface area (TPSA) is 125 Å². The van der Waals surface area contributed by atoms with E-state index >= 15 is 0 Å². The Bertz CT molecular complexity index is 1880. The lowest BCUT2D eigenvalue weighted by molar-refractivity contribution is -0.123. The Morgan fingerprint density at radius 1 is 0.864 bits per heavy atom. The standard InChI is InChI=1S/C32H29N3O7S2/c1-33-19-20-8-10-23(11-9-20)42-30(31(36)35-32-34-26-17-27(40-3)28(41-4)18-29(26)43-32)21-6-5-7-25(16-21)44(37,38)24-14-12-22(39-2)13-15-24/h5-19,30H,1-4H3,(H,34,35,36)/b33-19+. The molecule has 4 aromatic carbocycles. The van der Waals surface area contributed by atoms with Crippen molar-refractivity contribution in [2.75, 3.05) is 33.7 Å². The zero-order valence-corrected chi connectivity index (χ0v) is 25.9. The van der Waals surface area contributed by atoms with Crippen LogP contribution in [0.2, 0.25) is 0 Å². The number of hydrogen-bond acceptors (Lipinski definition) is 10. The van der Waals surface area contributed by atoms with Crippen LogP contribution in [0, 0.1) is 0 Å². The summed E-state index contributed by atoms with van der Waals surface area (Å²) in [4.78, 5) is 22.5. The first-order chi connectivity index (χ1) is 21.2. The first-order valence-electron chi connectivity index (χ1n) is 13.3. The number of nitrogens with one attached hydrogen (secondary N) is 1. The fraction of sp³-hybridized carbons (Fsp3) is 0.156. The summed E-state index contributed by atoms with van der Waals surface area (Å²) >= 11 is 1.25. The Kier molecular flexibility index (Phi) is 9.12. The van der Waals surface area contributed by atoms with Crippen LogP contribution < -0.4 is 24.3 Å². The maximum Gasteiger partial charge on any atom is 0.271 e. The van der Waals surface area contributed by atoms with Crippen molar-refractivity contribution in [1.82, 2.24) is 4.98 Å². The molecule has 0 saturated heterocycles. The van der Waals surface area contributed by atoms with E-state index in [1.165, 1.54) is 49.8 Å². The van der Waals surface area contributed by atoms with Crippen molar-refractivity contribution in [2.24, 2.45) is 4.99 Å². The summed E-state index contributed by atoms with van der Waals surface area (Å²) in [5.74, 6) is 1.44. The summed E-state index contributed by atoms with van der Waals surface area (Å²) in [5.41, 5.74) is 1.80. The zero-order valence-electron chi connectivity index (χ0n) is 24.3. The van der Waals surface area contributed by atoms with E-state index in [4.69, 9.17) is 18.9 Å². The number of aromatic nitrogens is 1. The Morgan fingerprint density at radius 3 is 2.20 bits per heavy atom. The average Bonchev–Trinajstić information content (AvgIpc) is 3.44. The normalized spacial score (nSPS) is 12.2. The molecule has 0 bridgehead atoms. The van der Waals surface area contributed by atoms with Crippen LogP contribution in [0.15, 0.2) is 99.7 Å². The number of hydrogen-bond donors (Lipinski definition) is 1. The van der Waals surface area contributed by atoms with Crippen molar-refractivity contribution in [3.63, 3.8) is 0 Å². The third kappa shape index (κ3) is 6.51. The van der Waals surface area contributed by atoms with Crippen LogP contribution in [-0.2, 0) is 14.6 Å². The number of carbonyl (C=O) groups is 1. The highest BCUT2D eigenvalue weighted by Gasteiger charge is 2.27. The molecule has 0 aliphatic heterocycles. The number of ether oxygens (including phenoxy) is 4. The van der Waals surface area contributed by atoms with Gasteiger partial charge in [-0.25, -0.2) is 13.4 Å². The van der Waals surface area contributed by atoms with Gasteiger partial charge >= 0.3 is 0 Å². The largest absolute Gasteiger partial charge is 0.497 e. The lowest BCUT2D eigenvalue weighted by Gasteiger charge is -2.19. The van der Waals surface area contributed by atoms with Crippen molar-refractivity contribution >= 4 is 48.6 Å². The molecular weight excluding hydrogens is 603 g/mol. The van der Waals surface area contributed by atoms with Gasteiger partial charge in [-0.05, 0) is 66.2 Å². The van der Waals surface area contributed by atoms with Gasteiger partial charge in [0.05, 0.1) is 41.3 Å². The SMILES string of the molecule is C/N=C/c1ccc(OC(C(=O)Nc2nc3cc(OC)c(OC)cc3s2)c2cccc(S(=O)(=O)c3ccc(OC)cc3)c2)cc1. The average molecular weight is 632 g/mol. The van der Waals surface area contributed by atoms with Crippen LogP contribution in [0.3, 0.4) is 0 Å². The number of thiazole rings is 1. The highest BCUT2D eigenvalue weighted by molar-refractivity contribution is 7.91. The molecule has 10 nitrogen and oxygen atoms in total. The maximum atomic E-state index is 13.8. The molecule has 0 aliphatic rings. The van der Waals surface area contributed by atoms with Gasteiger partial charge in [-0.2, -0.15) is 0 Å². The summed E-state index contributed by atoms with van der Waals surface area (Å²) < 4.78 is 49.9. The van der Waals surface area contributed by atoms with E-state index < -0.39 is 21.8 Å². The molecular formula is C32H29N3O7S2. The Labute approximate surface area is 258 Å². The van der Waals surface area contributed by atoms with E-state index in [9.17, 15) is 13.2 Å². The minimum atomic E-state index is -3.91. The minimum absolute atomic E-state index is 0.00949. The molecule has 5 aromatic rings. The third-order valence-electron chi connectivity index (χ3n) is 6.62. The van der Waals surface area contributed by atoms with E-state index in [2.05, 4.69) is 15.3 Å². The van der Waals surface area contributed by atoms with Gasteiger partial charge in [-0.3, -0.25) is 15.1 Å². The van der Waals surface area contributed by atoms with Crippen LogP contribution in [0.5, 0.6) is 23.0 Å². The number of rotatable bonds is 11. The van der Waals surface area contributed by atoms with Gasteiger partial charge in [0.2, 0.25) is 15.9 Å². The molecule has 1 heterocycles. The molecule has 5 rings (SSSR count). The number of amides is 1. The lowest BCUT2D eigenvalue weighted by atomic mass is 10.1. The summed E-state index contributed by atoms with van der Waals surface area (Å²) in [7, 11) is 2.34. The second kappa shape index (κ2) is 13.1. The van der Waals surface area contributed by atoms with Gasteiger partial charge in [0.15, 0.2) is 16.6 Å². The van der Waals surface area contributed by atoms with Gasteiger partial charge in [0.25, 0.3) is 5.91 Å². The molecule has 0 saturated carbocycles. The van der Waals surface area contributed by atoms with Gasteiger partial charge in [0, 0.05) is 31.0 Å². The van der Waals surface area contributed by atoms with Crippen LogP contribution in [-0.4, -0.2) is 53.9 Å². The number of sulfone groups is 1. The number of nitrogens with zero attached hydrogens (tertiary/aromatic N) is 2. The zero-order chi connectivity index (χ0) is 31.3. The molecule has 1 N–H and O–H groups in total. The molecule has 0 spiro atoms. The monoisotopic (exact) mass is 631 g/mol. The van der Waals surface area contributed by atoms with Crippen molar-refractivity contribution < 1.29 is 32.2 Å². The Morgan fingerprint density at radius 2 is 1.55 bits per heavy atom. The van der Waals surface area contributed by atoms with Crippen LogP contribution in [0.4, 0.5) is 5.13 Å². The molecule has 1 atom stereocenters. The maximum absolute atomic E-state index is 13.8. The number of methoxy groups -OCH3 is 3. The molecule has 1 aromatic heterocycles. The van der Waals surface area contributed by atoms with E-state index in [1.807, 2.05) is 0 Å². The van der Waals surface area contributed by atoms with E-state index in [0.717, 1.165) is 10.3 Å². The lowest BCUT2D eigenvalue weighted by Crippen LogP contribution is -2.26. The predicted molar refractivity (Wildman–Crippen MR) is 170 cm³/mol. The van der Waals surface area contributed by atoms with Crippen molar-refractivity contribution in [3.05, 3.63) is 96.1 Å². The highest BCUT2D eigenvalue weighted by atomic mass is 32.2. The molecule has 1 unspecified atom stereocenters. The quantitative estimate of drug-likeness (QED) is 0.177. The van der Waals surface area contributed by atoms with Crippen LogP contribution >= 0.6 is 11.3 Å². The fourth-order valence-corrected chi connectivity index (χ4v) is 6.60. The molecule has 0 aliphatic carbocycles. The number of aliphatic imine (C=N–C) groups is 1. The Balaban J connectivity index is 1.50. The van der Waals surface area contributed by atoms with E-state index in [0.29, 0.717) is 39.2 Å². The van der Waals surface area contributed by atoms with Crippen molar-refractivity contribution in [1.29, 1.82) is 0 Å². The smallest absolute Gasteiger partial charge is 0.271 e. The predicted octanol–water partition coefficient (Wildman–Crippen LogP) is 5.96. The fourth-order valence-electron chi connectivity index (χ4n) is 4.41. The molecule has 226 valence electrons. The van der Waals surface area contributed by atoms with Gasteiger partial charge < -0.3 is 18.9 Å². The van der Waals surface area contributed by atoms with Gasteiger partial charge in [-0.15, -0.1) is 0 Å². The first-order valence-corrected chi connectivity index (χ1v) is 15.6. The summed E-state index contributed by atoms with van der Waals surface area (Å²) in [5, 5.41) is 3.16. The second-order valence-corrected chi connectivity index (χ2v) is 12.4. The highest BCUT2D eigenvalue weighted by Crippen LogP contribution is 2.37. The third-order valence-corrected chi connectivity index (χ3v) is 9.32. The van der Waals surface area contributed by atoms with Gasteiger partial charge in [-0.1, -0.05) is 23.5 Å². The number of carbonyl (C=O) groups excluding carboxylic acids is 1. The summed E-state index contributed by atoms with van der Waals surface area (Å²) in [6.07, 6.45) is 0.473. The number of fused-ring (bicyclic) bond motifs is 1. The number of benzene rings is 4. The second-order valence-electron chi connectivity index (χ2n) is 9.39. The first kappa shape index (κ1) is 30.5. The molecule has 0 fully saturated rings. The van der Waals surface area contributed by atoms with E-state index in [1.54, 1.807) is 81.0 Å². The van der Waals surface area contributed by atoms with Gasteiger partial charge in [0.1, 0.15) is 11.5 Å². The molecule has 44 heavy (non-hydrogen) atoms. The van der Waals surface area contributed by atoms with Crippen LogP contribution in [0.25, 0.3) is 10.2 Å². The van der Waals surface area contributed by atoms with Crippen molar-refractivity contribution in [3.8, 4) is 23.0 Å². The summed E-state index contributed by atoms with van der Waals surface area (Å²) in [6, 6.07) is 22.8. The Hall–Kier alpha value is -4.94. The van der Waals surface area contributed by atoms with Crippen molar-refractivity contribution in [2.45, 2.75) is 15.9 Å². The summed E-state index contributed by atoms with van der Waals surface area (Å²) in [6.45, 7) is 0. The van der Waals surface area contributed by atoms with E-state index in [-0.39, 0.29) is 9.79 Å². The van der Waals surface area contributed by atoms with Crippen LogP contribution in [0.1, 0.15) is 17.2 Å². The molecule has 0 radical (unpaired) electrons. The number of anilines is 1. The molecule has 12 heteroatoms. The molecule has 1 amide bonds.